The van der Waals surface area contributed by atoms with Gasteiger partial charge in [0.2, 0.25) is 5.78 Å². The van der Waals surface area contributed by atoms with Crippen molar-refractivity contribution >= 4 is 34.0 Å². The first-order valence-corrected chi connectivity index (χ1v) is 7.66. The van der Waals surface area contributed by atoms with Gasteiger partial charge in [-0.2, -0.15) is 0 Å². The molecule has 0 atom stereocenters. The van der Waals surface area contributed by atoms with Crippen molar-refractivity contribution in [1.82, 2.24) is 0 Å². The highest BCUT2D eigenvalue weighted by Gasteiger charge is 2.18. The molecule has 0 saturated carbocycles. The molecule has 0 aliphatic heterocycles. The van der Waals surface area contributed by atoms with Crippen LogP contribution in [0.4, 0.5) is 10.1 Å². The molecule has 124 valence electrons. The Balaban J connectivity index is 1.78. The van der Waals surface area contributed by atoms with Crippen LogP contribution in [0.25, 0.3) is 11.0 Å². The number of nitrogens with one attached hydrogen (secondary N) is 1. The van der Waals surface area contributed by atoms with E-state index in [9.17, 15) is 9.18 Å². The van der Waals surface area contributed by atoms with Gasteiger partial charge >= 0.3 is 0 Å². The van der Waals surface area contributed by atoms with E-state index in [0.717, 1.165) is 0 Å². The molecule has 0 radical (unpaired) electrons. The van der Waals surface area contributed by atoms with Gasteiger partial charge in [0.1, 0.15) is 17.1 Å². The zero-order valence-corrected chi connectivity index (χ0v) is 13.9. The number of carbonyl (C=O) groups is 1. The molecule has 6 heteroatoms. The molecule has 1 aromatic heterocycles. The number of fused-ring (bicyclic) bond motifs is 1. The van der Waals surface area contributed by atoms with Crippen LogP contribution in [0, 0.1) is 12.7 Å². The minimum absolute atomic E-state index is 0.0335. The fourth-order valence-electron chi connectivity index (χ4n) is 2.50. The number of ether oxygens (including phenoxy) is 1. The minimum Gasteiger partial charge on any atom is -0.495 e. The molecule has 3 rings (SSSR count). The molecule has 1 heterocycles. The number of carbonyl (C=O) groups excluding carboxylic acids is 1. The third-order valence-electron chi connectivity index (χ3n) is 3.76. The van der Waals surface area contributed by atoms with Gasteiger partial charge in [0.15, 0.2) is 5.76 Å². The molecular weight excluding hydrogens is 333 g/mol. The maximum Gasteiger partial charge on any atom is 0.217 e. The Morgan fingerprint density at radius 3 is 2.79 bits per heavy atom. The van der Waals surface area contributed by atoms with Crippen LogP contribution in [0.1, 0.15) is 16.1 Å². The van der Waals surface area contributed by atoms with Crippen LogP contribution < -0.4 is 10.1 Å². The number of Topliss-reactive ketones (excluding diaryl/α,β-unsaturated/α-hetero) is 1. The van der Waals surface area contributed by atoms with Crippen molar-refractivity contribution < 1.29 is 18.3 Å². The highest BCUT2D eigenvalue weighted by atomic mass is 35.5. The van der Waals surface area contributed by atoms with Crippen LogP contribution in [-0.4, -0.2) is 19.4 Å². The number of aryl methyl sites for hydroxylation is 1. The Morgan fingerprint density at radius 2 is 2.08 bits per heavy atom. The molecule has 4 nitrogen and oxygen atoms in total. The van der Waals surface area contributed by atoms with E-state index in [0.29, 0.717) is 33.0 Å². The number of hydrogen-bond donors (Lipinski definition) is 1. The molecular formula is C18H15ClFNO3. The fraction of sp³-hybridized carbons (Fsp3) is 0.167. The Hall–Kier alpha value is -2.53. The molecule has 24 heavy (non-hydrogen) atoms. The molecule has 0 unspecified atom stereocenters. The second-order valence-electron chi connectivity index (χ2n) is 5.32. The third-order valence-corrected chi connectivity index (χ3v) is 4.05. The number of methoxy groups -OCH3 is 1. The second-order valence-corrected chi connectivity index (χ2v) is 5.73. The van der Waals surface area contributed by atoms with E-state index in [1.807, 2.05) is 0 Å². The fourth-order valence-corrected chi connectivity index (χ4v) is 2.76. The van der Waals surface area contributed by atoms with E-state index in [1.165, 1.54) is 25.3 Å². The number of anilines is 1. The number of rotatable bonds is 5. The van der Waals surface area contributed by atoms with Gasteiger partial charge in [-0.05, 0) is 43.3 Å². The summed E-state index contributed by atoms with van der Waals surface area (Å²) >= 11 is 6.05. The van der Waals surface area contributed by atoms with Crippen molar-refractivity contribution in [1.29, 1.82) is 0 Å². The van der Waals surface area contributed by atoms with Gasteiger partial charge in [0.05, 0.1) is 18.7 Å². The standard InChI is InChI=1S/C18H15ClFNO3/c1-10-13-7-11(20)3-5-16(13)24-18(10)15(22)9-21-12-4-6-17(23-2)14(19)8-12/h3-8,21H,9H2,1-2H3. The lowest BCUT2D eigenvalue weighted by molar-refractivity contribution is 0.0981. The van der Waals surface area contributed by atoms with Crippen LogP contribution in [0.2, 0.25) is 5.02 Å². The summed E-state index contributed by atoms with van der Waals surface area (Å²) in [5.74, 6) is 0.193. The molecule has 0 aliphatic rings. The summed E-state index contributed by atoms with van der Waals surface area (Å²) in [6, 6.07) is 9.33. The van der Waals surface area contributed by atoms with Crippen LogP contribution in [-0.2, 0) is 0 Å². The number of benzene rings is 2. The van der Waals surface area contributed by atoms with Crippen molar-refractivity contribution in [2.75, 3.05) is 19.0 Å². The Bertz CT molecular complexity index is 920. The van der Waals surface area contributed by atoms with E-state index < -0.39 is 0 Å². The molecule has 0 bridgehead atoms. The van der Waals surface area contributed by atoms with Crippen LogP contribution in [0.5, 0.6) is 5.75 Å². The lowest BCUT2D eigenvalue weighted by atomic mass is 10.1. The first-order valence-electron chi connectivity index (χ1n) is 7.29. The molecule has 0 aliphatic carbocycles. The van der Waals surface area contributed by atoms with Crippen molar-refractivity contribution in [3.05, 3.63) is 58.6 Å². The van der Waals surface area contributed by atoms with Gasteiger partial charge in [-0.1, -0.05) is 11.6 Å². The average molecular weight is 348 g/mol. The maximum absolute atomic E-state index is 13.3. The first-order chi connectivity index (χ1) is 11.5. The number of hydrogen-bond acceptors (Lipinski definition) is 4. The maximum atomic E-state index is 13.3. The summed E-state index contributed by atoms with van der Waals surface area (Å²) < 4.78 is 24.0. The van der Waals surface area contributed by atoms with Crippen LogP contribution in [0.15, 0.2) is 40.8 Å². The van der Waals surface area contributed by atoms with Crippen LogP contribution >= 0.6 is 11.6 Å². The second kappa shape index (κ2) is 6.53. The molecule has 1 N–H and O–H groups in total. The van der Waals surface area contributed by atoms with Gasteiger partial charge in [-0.15, -0.1) is 0 Å². The van der Waals surface area contributed by atoms with E-state index in [1.54, 1.807) is 25.1 Å². The van der Waals surface area contributed by atoms with Crippen molar-refractivity contribution in [3.8, 4) is 5.75 Å². The predicted molar refractivity (Wildman–Crippen MR) is 91.7 cm³/mol. The predicted octanol–water partition coefficient (Wildman–Crippen LogP) is 4.84. The molecule has 0 amide bonds. The Labute approximate surface area is 143 Å². The highest BCUT2D eigenvalue weighted by Crippen LogP contribution is 2.28. The summed E-state index contributed by atoms with van der Waals surface area (Å²) in [5, 5.41) is 4.05. The minimum atomic E-state index is -0.364. The Kier molecular flexibility index (Phi) is 4.44. The lowest BCUT2D eigenvalue weighted by Gasteiger charge is -2.08. The van der Waals surface area contributed by atoms with Gasteiger partial charge < -0.3 is 14.5 Å². The third kappa shape index (κ3) is 3.08. The topological polar surface area (TPSA) is 51.5 Å². The molecule has 3 aromatic rings. The molecule has 0 fully saturated rings. The summed E-state index contributed by atoms with van der Waals surface area (Å²) in [6.45, 7) is 1.77. The monoisotopic (exact) mass is 347 g/mol. The zero-order valence-electron chi connectivity index (χ0n) is 13.2. The molecule has 2 aromatic carbocycles. The van der Waals surface area contributed by atoms with Crippen molar-refractivity contribution in [2.45, 2.75) is 6.92 Å². The molecule has 0 spiro atoms. The summed E-state index contributed by atoms with van der Waals surface area (Å²) in [4.78, 5) is 12.4. The van der Waals surface area contributed by atoms with Crippen LogP contribution in [0.3, 0.4) is 0 Å². The van der Waals surface area contributed by atoms with Gasteiger partial charge in [-0.25, -0.2) is 4.39 Å². The van der Waals surface area contributed by atoms with Gasteiger partial charge in [0.25, 0.3) is 0 Å². The highest BCUT2D eigenvalue weighted by molar-refractivity contribution is 6.32. The van der Waals surface area contributed by atoms with Crippen molar-refractivity contribution in [3.63, 3.8) is 0 Å². The molecule has 0 saturated heterocycles. The zero-order chi connectivity index (χ0) is 17.3. The summed E-state index contributed by atoms with van der Waals surface area (Å²) in [6.07, 6.45) is 0. The van der Waals surface area contributed by atoms with Gasteiger partial charge in [0, 0.05) is 16.6 Å². The van der Waals surface area contributed by atoms with E-state index in [-0.39, 0.29) is 23.9 Å². The number of furan rings is 1. The quantitative estimate of drug-likeness (QED) is 0.671. The van der Waals surface area contributed by atoms with Gasteiger partial charge in [-0.3, -0.25) is 4.79 Å². The van der Waals surface area contributed by atoms with E-state index in [2.05, 4.69) is 5.32 Å². The number of halogens is 2. The smallest absolute Gasteiger partial charge is 0.217 e. The summed E-state index contributed by atoms with van der Waals surface area (Å²) in [7, 11) is 1.53. The lowest BCUT2D eigenvalue weighted by Crippen LogP contribution is -2.14. The SMILES string of the molecule is COc1ccc(NCC(=O)c2oc3ccc(F)cc3c2C)cc1Cl. The number of ketones is 1. The average Bonchev–Trinajstić information content (AvgIpc) is 2.89. The van der Waals surface area contributed by atoms with Crippen molar-refractivity contribution in [2.24, 2.45) is 0 Å². The van der Waals surface area contributed by atoms with E-state index >= 15 is 0 Å². The Morgan fingerprint density at radius 1 is 1.29 bits per heavy atom. The first kappa shape index (κ1) is 16.3. The largest absolute Gasteiger partial charge is 0.495 e. The normalized spacial score (nSPS) is 10.8. The van der Waals surface area contributed by atoms with E-state index in [4.69, 9.17) is 20.8 Å². The summed E-state index contributed by atoms with van der Waals surface area (Å²) in [5.41, 5.74) is 1.81.